The summed E-state index contributed by atoms with van der Waals surface area (Å²) in [5.74, 6) is -2.12. The first-order valence-corrected chi connectivity index (χ1v) is 6.49. The molecule has 2 N–H and O–H groups in total. The van der Waals surface area contributed by atoms with Crippen molar-refractivity contribution in [2.24, 2.45) is 0 Å². The van der Waals surface area contributed by atoms with Gasteiger partial charge in [-0.25, -0.2) is 0 Å². The molecule has 0 saturated carbocycles. The number of aliphatic hydroxyl groups excluding tert-OH is 2. The summed E-state index contributed by atoms with van der Waals surface area (Å²) < 4.78 is 0. The number of carbonyl (C=O) groups excluding carboxylic acids is 2. The molecule has 1 aromatic rings. The van der Waals surface area contributed by atoms with Crippen molar-refractivity contribution in [2.75, 3.05) is 13.2 Å². The van der Waals surface area contributed by atoms with Gasteiger partial charge >= 0.3 is 0 Å². The number of Topliss-reactive ketones (excluding diaryl/α,β-unsaturated/α-hetero) is 1. The van der Waals surface area contributed by atoms with E-state index in [1.807, 2.05) is 0 Å². The number of benzene rings is 1. The number of hydrogen-bond donors (Lipinski definition) is 2. The largest absolute Gasteiger partial charge is 0.503 e. The van der Waals surface area contributed by atoms with Crippen LogP contribution in [-0.2, 0) is 9.59 Å². The van der Waals surface area contributed by atoms with Crippen LogP contribution in [0.1, 0.15) is 18.5 Å². The van der Waals surface area contributed by atoms with Gasteiger partial charge in [-0.15, -0.1) is 0 Å². The molecule has 116 valence electrons. The maximum absolute atomic E-state index is 12.1. The molecule has 1 aromatic carbocycles. The quantitative estimate of drug-likeness (QED) is 0.615. The van der Waals surface area contributed by atoms with Crippen molar-refractivity contribution < 1.29 is 24.7 Å². The number of carbonyl (C=O) groups is 2. The number of aliphatic hydroxyl groups is 2. The van der Waals surface area contributed by atoms with Crippen molar-refractivity contribution in [3.63, 3.8) is 0 Å². The van der Waals surface area contributed by atoms with Gasteiger partial charge in [0.05, 0.1) is 28.7 Å². The third kappa shape index (κ3) is 2.44. The van der Waals surface area contributed by atoms with Crippen molar-refractivity contribution in [2.45, 2.75) is 13.0 Å². The molecule has 1 aliphatic rings. The second-order valence-corrected chi connectivity index (χ2v) is 4.76. The van der Waals surface area contributed by atoms with Crippen molar-refractivity contribution in [3.05, 3.63) is 51.3 Å². The molecule has 0 spiro atoms. The minimum Gasteiger partial charge on any atom is -0.503 e. The normalized spacial score (nSPS) is 18.0. The second kappa shape index (κ2) is 5.94. The monoisotopic (exact) mass is 306 g/mol. The van der Waals surface area contributed by atoms with Gasteiger partial charge in [-0.3, -0.25) is 19.7 Å². The van der Waals surface area contributed by atoms with E-state index in [-0.39, 0.29) is 23.4 Å². The summed E-state index contributed by atoms with van der Waals surface area (Å²) in [4.78, 5) is 35.4. The van der Waals surface area contributed by atoms with Gasteiger partial charge in [0.15, 0.2) is 11.5 Å². The molecule has 0 fully saturated rings. The van der Waals surface area contributed by atoms with Gasteiger partial charge in [-0.05, 0) is 13.0 Å². The molecule has 8 nitrogen and oxygen atoms in total. The Morgan fingerprint density at radius 3 is 2.59 bits per heavy atom. The fraction of sp³-hybridized carbons (Fsp3) is 0.286. The van der Waals surface area contributed by atoms with Crippen LogP contribution in [0.3, 0.4) is 0 Å². The Balaban J connectivity index is 2.65. The highest BCUT2D eigenvalue weighted by atomic mass is 16.6. The third-order valence-electron chi connectivity index (χ3n) is 3.45. The summed E-state index contributed by atoms with van der Waals surface area (Å²) in [6.45, 7) is 0.612. The lowest BCUT2D eigenvalue weighted by Crippen LogP contribution is -2.33. The Morgan fingerprint density at radius 1 is 1.41 bits per heavy atom. The maximum atomic E-state index is 12.1. The van der Waals surface area contributed by atoms with E-state index in [1.165, 1.54) is 31.2 Å². The molecule has 0 aliphatic carbocycles. The molecule has 1 aliphatic heterocycles. The van der Waals surface area contributed by atoms with E-state index in [0.717, 1.165) is 4.90 Å². The molecular formula is C14H14N2O6. The molecule has 0 saturated heterocycles. The standard InChI is InChI=1S/C14H14N2O6/c1-8(18)11-12(15(6-7-17)14(20)13(11)19)9-4-2-3-5-10(9)16(21)22/h2-5,12,17,19H,6-7H2,1H3/t12-/m1/s1. The number of ketones is 1. The van der Waals surface area contributed by atoms with Gasteiger partial charge < -0.3 is 15.1 Å². The first kappa shape index (κ1) is 15.6. The molecule has 0 bridgehead atoms. The van der Waals surface area contributed by atoms with Crippen LogP contribution in [0, 0.1) is 10.1 Å². The number of amides is 1. The zero-order valence-corrected chi connectivity index (χ0v) is 11.7. The molecule has 0 aromatic heterocycles. The van der Waals surface area contributed by atoms with E-state index in [2.05, 4.69) is 0 Å². The molecule has 8 heteroatoms. The Hall–Kier alpha value is -2.74. The third-order valence-corrected chi connectivity index (χ3v) is 3.45. The van der Waals surface area contributed by atoms with Crippen molar-refractivity contribution in [1.82, 2.24) is 4.90 Å². The summed E-state index contributed by atoms with van der Waals surface area (Å²) >= 11 is 0. The van der Waals surface area contributed by atoms with E-state index in [9.17, 15) is 24.8 Å². The minimum atomic E-state index is -1.08. The van der Waals surface area contributed by atoms with Crippen LogP contribution >= 0.6 is 0 Å². The van der Waals surface area contributed by atoms with Crippen LogP contribution in [-0.4, -0.2) is 44.9 Å². The van der Waals surface area contributed by atoms with E-state index >= 15 is 0 Å². The Labute approximate surface area is 125 Å². The van der Waals surface area contributed by atoms with Gasteiger partial charge in [0.2, 0.25) is 0 Å². The number of para-hydroxylation sites is 1. The molecule has 2 rings (SSSR count). The average molecular weight is 306 g/mol. The molecule has 22 heavy (non-hydrogen) atoms. The van der Waals surface area contributed by atoms with Gasteiger partial charge in [-0.1, -0.05) is 12.1 Å². The Bertz CT molecular complexity index is 682. The predicted molar refractivity (Wildman–Crippen MR) is 75.0 cm³/mol. The van der Waals surface area contributed by atoms with Crippen LogP contribution in [0.4, 0.5) is 5.69 Å². The highest BCUT2D eigenvalue weighted by Gasteiger charge is 2.44. The van der Waals surface area contributed by atoms with Crippen LogP contribution in [0.2, 0.25) is 0 Å². The fourth-order valence-corrected chi connectivity index (χ4v) is 2.56. The lowest BCUT2D eigenvalue weighted by molar-refractivity contribution is -0.385. The summed E-state index contributed by atoms with van der Waals surface area (Å²) in [5, 5.41) is 30.2. The summed E-state index contributed by atoms with van der Waals surface area (Å²) in [6, 6.07) is 4.59. The fourth-order valence-electron chi connectivity index (χ4n) is 2.56. The number of nitro benzene ring substituents is 1. The molecule has 1 heterocycles. The average Bonchev–Trinajstić information content (AvgIpc) is 2.72. The topological polar surface area (TPSA) is 121 Å². The van der Waals surface area contributed by atoms with Gasteiger partial charge in [-0.2, -0.15) is 0 Å². The number of rotatable bonds is 5. The molecule has 1 amide bonds. The number of hydrogen-bond acceptors (Lipinski definition) is 6. The summed E-state index contributed by atoms with van der Waals surface area (Å²) in [6.07, 6.45) is 0. The summed E-state index contributed by atoms with van der Waals surface area (Å²) in [5.41, 5.74) is -0.354. The maximum Gasteiger partial charge on any atom is 0.290 e. The number of nitro groups is 1. The first-order valence-electron chi connectivity index (χ1n) is 6.49. The van der Waals surface area contributed by atoms with Crippen molar-refractivity contribution >= 4 is 17.4 Å². The van der Waals surface area contributed by atoms with E-state index in [4.69, 9.17) is 5.11 Å². The van der Waals surface area contributed by atoms with Crippen LogP contribution in [0.5, 0.6) is 0 Å². The zero-order chi connectivity index (χ0) is 16.4. The van der Waals surface area contributed by atoms with Gasteiger partial charge in [0, 0.05) is 12.6 Å². The van der Waals surface area contributed by atoms with Gasteiger partial charge in [0.1, 0.15) is 0 Å². The SMILES string of the molecule is CC(=O)C1=C(O)C(=O)N(CCO)[C@@H]1c1ccccc1[N+](=O)[O-]. The molecular weight excluding hydrogens is 292 g/mol. The summed E-state index contributed by atoms with van der Waals surface area (Å²) in [7, 11) is 0. The number of β-amino-alcohol motifs (C(OH)–C–C–N with tert-alkyl or cyclic N) is 1. The predicted octanol–water partition coefficient (Wildman–Crippen LogP) is 0.871. The lowest BCUT2D eigenvalue weighted by atomic mass is 9.95. The Kier molecular flexibility index (Phi) is 4.22. The van der Waals surface area contributed by atoms with Crippen LogP contribution in [0.25, 0.3) is 0 Å². The smallest absolute Gasteiger partial charge is 0.290 e. The first-order chi connectivity index (χ1) is 10.4. The van der Waals surface area contributed by atoms with E-state index in [1.54, 1.807) is 0 Å². The van der Waals surface area contributed by atoms with Gasteiger partial charge in [0.25, 0.3) is 11.6 Å². The zero-order valence-electron chi connectivity index (χ0n) is 11.7. The second-order valence-electron chi connectivity index (χ2n) is 4.76. The van der Waals surface area contributed by atoms with Crippen molar-refractivity contribution in [1.29, 1.82) is 0 Å². The molecule has 1 atom stereocenters. The minimum absolute atomic E-state index is 0.114. The molecule has 0 radical (unpaired) electrons. The van der Waals surface area contributed by atoms with Crippen LogP contribution < -0.4 is 0 Å². The van der Waals surface area contributed by atoms with E-state index in [0.29, 0.717) is 0 Å². The number of nitrogens with zero attached hydrogens (tertiary/aromatic N) is 2. The van der Waals surface area contributed by atoms with E-state index < -0.39 is 35.0 Å². The van der Waals surface area contributed by atoms with Crippen LogP contribution in [0.15, 0.2) is 35.6 Å². The van der Waals surface area contributed by atoms with Crippen molar-refractivity contribution in [3.8, 4) is 0 Å². The lowest BCUT2D eigenvalue weighted by Gasteiger charge is -2.25. The highest BCUT2D eigenvalue weighted by Crippen LogP contribution is 2.40. The Morgan fingerprint density at radius 2 is 2.05 bits per heavy atom. The molecule has 0 unspecified atom stereocenters. The highest BCUT2D eigenvalue weighted by molar-refractivity contribution is 6.08.